The van der Waals surface area contributed by atoms with E-state index in [4.69, 9.17) is 5.11 Å². The molecule has 0 bridgehead atoms. The van der Waals surface area contributed by atoms with E-state index >= 15 is 0 Å². The van der Waals surface area contributed by atoms with Crippen LogP contribution < -0.4 is 0 Å². The average Bonchev–Trinajstić information content (AvgIpc) is 2.50. The molecule has 0 unspecified atom stereocenters. The number of ether oxygens (including phenoxy) is 1. The minimum atomic E-state index is -4.24. The summed E-state index contributed by atoms with van der Waals surface area (Å²) in [5.41, 5.74) is 0. The van der Waals surface area contributed by atoms with Gasteiger partial charge in [-0.25, -0.2) is 0 Å². The number of hydrogen-bond donors (Lipinski definition) is 1. The Kier molecular flexibility index (Phi) is 6.91. The Morgan fingerprint density at radius 2 is 1.61 bits per heavy atom. The zero-order valence-electron chi connectivity index (χ0n) is 10.5. The van der Waals surface area contributed by atoms with Gasteiger partial charge < -0.3 is 9.84 Å². The highest BCUT2D eigenvalue weighted by atomic mass is 19.4. The third-order valence-corrected chi connectivity index (χ3v) is 2.91. The summed E-state index contributed by atoms with van der Waals surface area (Å²) in [6.45, 7) is 3.75. The summed E-state index contributed by atoms with van der Waals surface area (Å²) < 4.78 is 40.2. The lowest BCUT2D eigenvalue weighted by atomic mass is 10.4. The molecule has 0 radical (unpaired) electrons. The molecule has 0 atom stereocenters. The SMILES string of the molecule is OCCN1CCCN(CCOCC(F)(F)F)CC1. The van der Waals surface area contributed by atoms with Crippen molar-refractivity contribution in [3.05, 3.63) is 0 Å². The first-order valence-electron chi connectivity index (χ1n) is 6.21. The van der Waals surface area contributed by atoms with E-state index in [1.165, 1.54) is 0 Å². The molecule has 1 heterocycles. The van der Waals surface area contributed by atoms with Crippen LogP contribution >= 0.6 is 0 Å². The van der Waals surface area contributed by atoms with E-state index < -0.39 is 12.8 Å². The molecule has 7 heteroatoms. The van der Waals surface area contributed by atoms with Crippen LogP contribution in [-0.2, 0) is 4.74 Å². The van der Waals surface area contributed by atoms with E-state index in [0.29, 0.717) is 13.1 Å². The second kappa shape index (κ2) is 7.93. The zero-order chi connectivity index (χ0) is 13.4. The summed E-state index contributed by atoms with van der Waals surface area (Å²) in [7, 11) is 0. The minimum Gasteiger partial charge on any atom is -0.395 e. The number of halogens is 3. The molecule has 1 aliphatic heterocycles. The van der Waals surface area contributed by atoms with Gasteiger partial charge in [0.25, 0.3) is 0 Å². The zero-order valence-corrected chi connectivity index (χ0v) is 10.5. The van der Waals surface area contributed by atoms with E-state index in [2.05, 4.69) is 14.5 Å². The van der Waals surface area contributed by atoms with Gasteiger partial charge in [-0.15, -0.1) is 0 Å². The number of alkyl halides is 3. The monoisotopic (exact) mass is 270 g/mol. The quantitative estimate of drug-likeness (QED) is 0.716. The Balaban J connectivity index is 2.12. The molecule has 0 aromatic rings. The van der Waals surface area contributed by atoms with Crippen LogP contribution in [0.15, 0.2) is 0 Å². The van der Waals surface area contributed by atoms with Gasteiger partial charge in [0.15, 0.2) is 0 Å². The molecule has 4 nitrogen and oxygen atoms in total. The fourth-order valence-corrected chi connectivity index (χ4v) is 1.99. The second-order valence-electron chi connectivity index (χ2n) is 4.43. The van der Waals surface area contributed by atoms with Crippen LogP contribution in [0.4, 0.5) is 13.2 Å². The van der Waals surface area contributed by atoms with Gasteiger partial charge in [-0.2, -0.15) is 13.2 Å². The largest absolute Gasteiger partial charge is 0.411 e. The van der Waals surface area contributed by atoms with Crippen molar-refractivity contribution in [1.82, 2.24) is 9.80 Å². The first-order valence-corrected chi connectivity index (χ1v) is 6.21. The van der Waals surface area contributed by atoms with Gasteiger partial charge >= 0.3 is 6.18 Å². The predicted octanol–water partition coefficient (Wildman–Crippen LogP) is 0.565. The van der Waals surface area contributed by atoms with Crippen molar-refractivity contribution < 1.29 is 23.0 Å². The van der Waals surface area contributed by atoms with Gasteiger partial charge in [-0.3, -0.25) is 9.80 Å². The summed E-state index contributed by atoms with van der Waals surface area (Å²) in [5.74, 6) is 0. The van der Waals surface area contributed by atoms with Crippen molar-refractivity contribution in [2.45, 2.75) is 12.6 Å². The Hall–Kier alpha value is -0.370. The van der Waals surface area contributed by atoms with E-state index in [9.17, 15) is 13.2 Å². The second-order valence-corrected chi connectivity index (χ2v) is 4.43. The Morgan fingerprint density at radius 3 is 2.17 bits per heavy atom. The Labute approximate surface area is 105 Å². The molecule has 0 aliphatic carbocycles. The lowest BCUT2D eigenvalue weighted by molar-refractivity contribution is -0.174. The molecule has 0 aromatic carbocycles. The Bertz CT molecular complexity index is 227. The fraction of sp³-hybridized carbons (Fsp3) is 1.00. The molecular weight excluding hydrogens is 249 g/mol. The first kappa shape index (κ1) is 15.7. The number of β-amino-alcohol motifs (C(OH)–C–C–N with tert-alkyl or cyclic N) is 1. The lowest BCUT2D eigenvalue weighted by Gasteiger charge is -2.21. The third-order valence-electron chi connectivity index (χ3n) is 2.91. The summed E-state index contributed by atoms with van der Waals surface area (Å²) in [4.78, 5) is 4.27. The van der Waals surface area contributed by atoms with Crippen LogP contribution in [0.5, 0.6) is 0 Å². The maximum atomic E-state index is 11.9. The van der Waals surface area contributed by atoms with Crippen LogP contribution in [-0.4, -0.2) is 80.2 Å². The molecule has 0 aromatic heterocycles. The van der Waals surface area contributed by atoms with E-state index in [1.54, 1.807) is 0 Å². The van der Waals surface area contributed by atoms with E-state index in [0.717, 1.165) is 32.6 Å². The van der Waals surface area contributed by atoms with Crippen molar-refractivity contribution in [1.29, 1.82) is 0 Å². The first-order chi connectivity index (χ1) is 8.51. The molecule has 1 saturated heterocycles. The van der Waals surface area contributed by atoms with Gasteiger partial charge in [0.2, 0.25) is 0 Å². The smallest absolute Gasteiger partial charge is 0.395 e. The number of aliphatic hydroxyl groups excluding tert-OH is 1. The third kappa shape index (κ3) is 7.15. The minimum absolute atomic E-state index is 0.111. The predicted molar refractivity (Wildman–Crippen MR) is 61.5 cm³/mol. The number of hydrogen-bond acceptors (Lipinski definition) is 4. The van der Waals surface area contributed by atoms with E-state index in [1.807, 2.05) is 0 Å². The molecule has 1 N–H and O–H groups in total. The molecule has 1 fully saturated rings. The van der Waals surface area contributed by atoms with Crippen LogP contribution in [0.1, 0.15) is 6.42 Å². The fourth-order valence-electron chi connectivity index (χ4n) is 1.99. The summed E-state index contributed by atoms with van der Waals surface area (Å²) in [6, 6.07) is 0. The average molecular weight is 270 g/mol. The lowest BCUT2D eigenvalue weighted by Crippen LogP contribution is -2.34. The van der Waals surface area contributed by atoms with Crippen LogP contribution in [0.3, 0.4) is 0 Å². The standard InChI is InChI=1S/C11H21F3N2O2/c12-11(13,14)10-18-9-7-16-3-1-2-15(4-5-16)6-8-17/h17H,1-10H2. The topological polar surface area (TPSA) is 35.9 Å². The van der Waals surface area contributed by atoms with Crippen molar-refractivity contribution in [3.8, 4) is 0 Å². The van der Waals surface area contributed by atoms with Gasteiger partial charge in [0.1, 0.15) is 6.61 Å². The molecule has 1 aliphatic rings. The van der Waals surface area contributed by atoms with Crippen molar-refractivity contribution in [3.63, 3.8) is 0 Å². The molecule has 0 saturated carbocycles. The molecule has 18 heavy (non-hydrogen) atoms. The molecular formula is C11H21F3N2O2. The van der Waals surface area contributed by atoms with Crippen LogP contribution in [0, 0.1) is 0 Å². The van der Waals surface area contributed by atoms with Gasteiger partial charge in [0.05, 0.1) is 13.2 Å². The summed E-state index contributed by atoms with van der Waals surface area (Å²) in [6.07, 6.45) is -3.27. The number of aliphatic hydroxyl groups is 1. The van der Waals surface area contributed by atoms with Gasteiger partial charge in [-0.1, -0.05) is 0 Å². The summed E-state index contributed by atoms with van der Waals surface area (Å²) in [5, 5.41) is 8.84. The number of nitrogens with zero attached hydrogens (tertiary/aromatic N) is 2. The van der Waals surface area contributed by atoms with Crippen molar-refractivity contribution in [2.24, 2.45) is 0 Å². The highest BCUT2D eigenvalue weighted by Crippen LogP contribution is 2.14. The highest BCUT2D eigenvalue weighted by Gasteiger charge is 2.27. The van der Waals surface area contributed by atoms with Crippen LogP contribution in [0.25, 0.3) is 0 Å². The Morgan fingerprint density at radius 1 is 1.00 bits per heavy atom. The van der Waals surface area contributed by atoms with Crippen molar-refractivity contribution in [2.75, 3.05) is 59.1 Å². The van der Waals surface area contributed by atoms with E-state index in [-0.39, 0.29) is 13.2 Å². The van der Waals surface area contributed by atoms with Crippen LogP contribution in [0.2, 0.25) is 0 Å². The molecule has 1 rings (SSSR count). The van der Waals surface area contributed by atoms with Gasteiger partial charge in [-0.05, 0) is 19.5 Å². The maximum absolute atomic E-state index is 11.9. The normalized spacial score (nSPS) is 20.0. The van der Waals surface area contributed by atoms with Gasteiger partial charge in [0, 0.05) is 26.2 Å². The molecule has 108 valence electrons. The van der Waals surface area contributed by atoms with Crippen molar-refractivity contribution >= 4 is 0 Å². The molecule has 0 spiro atoms. The maximum Gasteiger partial charge on any atom is 0.411 e. The summed E-state index contributed by atoms with van der Waals surface area (Å²) >= 11 is 0. The highest BCUT2D eigenvalue weighted by molar-refractivity contribution is 4.69. The molecule has 0 amide bonds. The number of rotatable bonds is 6.